The Bertz CT molecular complexity index is 763. The topological polar surface area (TPSA) is 12.0 Å². The molecular weight excluding hydrogens is 281 g/mol. The van der Waals surface area contributed by atoms with Crippen molar-refractivity contribution in [3.05, 3.63) is 70.4 Å². The second kappa shape index (κ2) is 5.96. The third-order valence-electron chi connectivity index (χ3n) is 3.77. The molecular formula is C18H18FNS. The quantitative estimate of drug-likeness (QED) is 0.721. The smallest absolute Gasteiger partial charge is 0.124 e. The van der Waals surface area contributed by atoms with Gasteiger partial charge in [0.05, 0.1) is 6.04 Å². The van der Waals surface area contributed by atoms with Crippen molar-refractivity contribution in [3.63, 3.8) is 0 Å². The minimum Gasteiger partial charge on any atom is -0.309 e. The largest absolute Gasteiger partial charge is 0.309 e. The van der Waals surface area contributed by atoms with E-state index in [0.717, 1.165) is 16.5 Å². The molecule has 0 aliphatic carbocycles. The van der Waals surface area contributed by atoms with Crippen molar-refractivity contribution in [2.24, 2.45) is 0 Å². The van der Waals surface area contributed by atoms with Gasteiger partial charge in [-0.3, -0.25) is 0 Å². The molecule has 0 aliphatic heterocycles. The van der Waals surface area contributed by atoms with Crippen LogP contribution in [0, 0.1) is 5.82 Å². The van der Waals surface area contributed by atoms with Gasteiger partial charge in [-0.15, -0.1) is 11.3 Å². The minimum atomic E-state index is -0.176. The van der Waals surface area contributed by atoms with Crippen molar-refractivity contribution in [2.75, 3.05) is 7.05 Å². The molecule has 0 radical (unpaired) electrons. The molecule has 3 aromatic rings. The number of fused-ring (bicyclic) bond motifs is 1. The van der Waals surface area contributed by atoms with E-state index in [2.05, 4.69) is 42.6 Å². The predicted octanol–water partition coefficient (Wildman–Crippen LogP) is 4.91. The number of hydrogen-bond acceptors (Lipinski definition) is 2. The molecule has 3 heteroatoms. The Morgan fingerprint density at radius 3 is 2.76 bits per heavy atom. The molecule has 0 amide bonds. The molecule has 0 fully saturated rings. The predicted molar refractivity (Wildman–Crippen MR) is 88.5 cm³/mol. The zero-order valence-electron chi connectivity index (χ0n) is 12.2. The molecule has 0 saturated carbocycles. The second-order valence-electron chi connectivity index (χ2n) is 5.15. The molecule has 1 nitrogen and oxygen atoms in total. The Balaban J connectivity index is 2.04. The van der Waals surface area contributed by atoms with E-state index in [1.807, 2.05) is 13.1 Å². The molecule has 1 N–H and O–H groups in total. The normalized spacial score (nSPS) is 12.7. The van der Waals surface area contributed by atoms with E-state index >= 15 is 0 Å². The molecule has 2 aromatic carbocycles. The third kappa shape index (κ3) is 2.85. The first-order valence-electron chi connectivity index (χ1n) is 7.16. The summed E-state index contributed by atoms with van der Waals surface area (Å²) in [6.45, 7) is 2.16. The first kappa shape index (κ1) is 14.2. The van der Waals surface area contributed by atoms with Crippen LogP contribution in [0.5, 0.6) is 0 Å². The van der Waals surface area contributed by atoms with Crippen LogP contribution in [0.3, 0.4) is 0 Å². The summed E-state index contributed by atoms with van der Waals surface area (Å²) < 4.78 is 14.3. The molecule has 1 aromatic heterocycles. The van der Waals surface area contributed by atoms with Gasteiger partial charge in [0.1, 0.15) is 5.82 Å². The third-order valence-corrected chi connectivity index (χ3v) is 4.93. The Hall–Kier alpha value is -1.71. The van der Waals surface area contributed by atoms with Gasteiger partial charge in [0.2, 0.25) is 0 Å². The van der Waals surface area contributed by atoms with E-state index in [0.29, 0.717) is 0 Å². The summed E-state index contributed by atoms with van der Waals surface area (Å²) >= 11 is 1.65. The van der Waals surface area contributed by atoms with Gasteiger partial charge in [-0.05, 0) is 48.2 Å². The first-order chi connectivity index (χ1) is 10.2. The fraction of sp³-hybridized carbons (Fsp3) is 0.222. The Morgan fingerprint density at radius 2 is 2.00 bits per heavy atom. The Labute approximate surface area is 128 Å². The van der Waals surface area contributed by atoms with Gasteiger partial charge in [-0.25, -0.2) is 4.39 Å². The molecule has 3 rings (SSSR count). The lowest BCUT2D eigenvalue weighted by Crippen LogP contribution is -2.16. The van der Waals surface area contributed by atoms with E-state index in [1.54, 1.807) is 17.4 Å². The van der Waals surface area contributed by atoms with Gasteiger partial charge in [0.15, 0.2) is 0 Å². The minimum absolute atomic E-state index is 0.150. The first-order valence-corrected chi connectivity index (χ1v) is 7.98. The van der Waals surface area contributed by atoms with E-state index in [9.17, 15) is 4.39 Å². The van der Waals surface area contributed by atoms with Crippen LogP contribution < -0.4 is 5.32 Å². The summed E-state index contributed by atoms with van der Waals surface area (Å²) in [4.78, 5) is 1.21. The van der Waals surface area contributed by atoms with Gasteiger partial charge in [0, 0.05) is 9.58 Å². The summed E-state index contributed by atoms with van der Waals surface area (Å²) in [6, 6.07) is 15.9. The van der Waals surface area contributed by atoms with E-state index < -0.39 is 0 Å². The van der Waals surface area contributed by atoms with Crippen LogP contribution in [0.2, 0.25) is 0 Å². The lowest BCUT2D eigenvalue weighted by molar-refractivity contribution is 0.630. The SMILES string of the molecule is CCc1cccc(C(NC)c2cc3ccc(F)cc3s2)c1. The number of benzene rings is 2. The van der Waals surface area contributed by atoms with Crippen LogP contribution in [0.15, 0.2) is 48.5 Å². The number of nitrogens with one attached hydrogen (secondary N) is 1. The van der Waals surface area contributed by atoms with E-state index in [1.165, 1.54) is 22.1 Å². The van der Waals surface area contributed by atoms with Gasteiger partial charge in [-0.1, -0.05) is 37.3 Å². The molecule has 1 atom stereocenters. The highest BCUT2D eigenvalue weighted by Gasteiger charge is 2.15. The average Bonchev–Trinajstić information content (AvgIpc) is 2.91. The number of rotatable bonds is 4. The number of thiophene rings is 1. The van der Waals surface area contributed by atoms with Crippen molar-refractivity contribution in [2.45, 2.75) is 19.4 Å². The molecule has 0 aliphatic rings. The molecule has 1 heterocycles. The van der Waals surface area contributed by atoms with E-state index in [-0.39, 0.29) is 11.9 Å². The Kier molecular flexibility index (Phi) is 4.04. The number of halogens is 1. The number of aryl methyl sites for hydroxylation is 1. The van der Waals surface area contributed by atoms with Crippen LogP contribution in [0.1, 0.15) is 29.0 Å². The van der Waals surface area contributed by atoms with Crippen molar-refractivity contribution in [1.82, 2.24) is 5.32 Å². The van der Waals surface area contributed by atoms with Crippen LogP contribution in [-0.4, -0.2) is 7.05 Å². The highest BCUT2D eigenvalue weighted by atomic mass is 32.1. The highest BCUT2D eigenvalue weighted by molar-refractivity contribution is 7.19. The summed E-state index contributed by atoms with van der Waals surface area (Å²) in [5.74, 6) is -0.176. The number of hydrogen-bond donors (Lipinski definition) is 1. The fourth-order valence-electron chi connectivity index (χ4n) is 2.63. The summed E-state index contributed by atoms with van der Waals surface area (Å²) in [6.07, 6.45) is 1.03. The van der Waals surface area contributed by atoms with Crippen molar-refractivity contribution < 1.29 is 4.39 Å². The van der Waals surface area contributed by atoms with Crippen molar-refractivity contribution in [3.8, 4) is 0 Å². The highest BCUT2D eigenvalue weighted by Crippen LogP contribution is 2.33. The second-order valence-corrected chi connectivity index (χ2v) is 6.27. The standard InChI is InChI=1S/C18H18FNS/c1-3-12-5-4-6-14(9-12)18(20-2)17-10-13-7-8-15(19)11-16(13)21-17/h4-11,18,20H,3H2,1-2H3. The summed E-state index contributed by atoms with van der Waals surface area (Å²) in [5.41, 5.74) is 2.59. The van der Waals surface area contributed by atoms with Gasteiger partial charge >= 0.3 is 0 Å². The van der Waals surface area contributed by atoms with Crippen LogP contribution in [0.4, 0.5) is 4.39 Å². The molecule has 108 valence electrons. The zero-order chi connectivity index (χ0) is 14.8. The lowest BCUT2D eigenvalue weighted by Gasteiger charge is -2.15. The van der Waals surface area contributed by atoms with Crippen LogP contribution in [-0.2, 0) is 6.42 Å². The van der Waals surface area contributed by atoms with Crippen molar-refractivity contribution in [1.29, 1.82) is 0 Å². The molecule has 21 heavy (non-hydrogen) atoms. The Morgan fingerprint density at radius 1 is 1.14 bits per heavy atom. The van der Waals surface area contributed by atoms with Gasteiger partial charge in [0.25, 0.3) is 0 Å². The lowest BCUT2D eigenvalue weighted by atomic mass is 10.0. The summed E-state index contributed by atoms with van der Waals surface area (Å²) in [7, 11) is 1.97. The van der Waals surface area contributed by atoms with Crippen LogP contribution >= 0.6 is 11.3 Å². The average molecular weight is 299 g/mol. The zero-order valence-corrected chi connectivity index (χ0v) is 13.0. The van der Waals surface area contributed by atoms with Crippen LogP contribution in [0.25, 0.3) is 10.1 Å². The maximum absolute atomic E-state index is 13.3. The molecule has 0 spiro atoms. The van der Waals surface area contributed by atoms with Crippen molar-refractivity contribution >= 4 is 21.4 Å². The monoisotopic (exact) mass is 299 g/mol. The molecule has 1 unspecified atom stereocenters. The molecule has 0 saturated heterocycles. The maximum Gasteiger partial charge on any atom is 0.124 e. The fourth-order valence-corrected chi connectivity index (χ4v) is 3.86. The maximum atomic E-state index is 13.3. The van der Waals surface area contributed by atoms with E-state index in [4.69, 9.17) is 0 Å². The summed E-state index contributed by atoms with van der Waals surface area (Å²) in [5, 5.41) is 4.48. The van der Waals surface area contributed by atoms with Gasteiger partial charge < -0.3 is 5.32 Å². The van der Waals surface area contributed by atoms with Gasteiger partial charge in [-0.2, -0.15) is 0 Å². The molecule has 0 bridgehead atoms.